The van der Waals surface area contributed by atoms with Gasteiger partial charge in [0.15, 0.2) is 5.69 Å². The van der Waals surface area contributed by atoms with Crippen LogP contribution in [-0.2, 0) is 0 Å². The quantitative estimate of drug-likeness (QED) is 0.121. The Balaban J connectivity index is 0.929. The van der Waals surface area contributed by atoms with Crippen molar-refractivity contribution in [3.8, 4) is 39.2 Å². The van der Waals surface area contributed by atoms with Gasteiger partial charge in [0.05, 0.1) is 28.8 Å². The van der Waals surface area contributed by atoms with Crippen LogP contribution in [0.4, 0.5) is 22.9 Å². The van der Waals surface area contributed by atoms with E-state index in [-0.39, 0.29) is 0 Å². The van der Waals surface area contributed by atoms with Gasteiger partial charge in [0.2, 0.25) is 0 Å². The number of benzene rings is 7. The number of fused-ring (bicyclic) bond motifs is 1. The molecular formula is C52H32N6. The van der Waals surface area contributed by atoms with Gasteiger partial charge in [0, 0.05) is 68.5 Å². The van der Waals surface area contributed by atoms with Crippen LogP contribution in [-0.4, -0.2) is 19.5 Å². The first-order valence-corrected chi connectivity index (χ1v) is 19.2. The number of rotatable bonds is 7. The molecule has 0 aliphatic carbocycles. The van der Waals surface area contributed by atoms with Crippen LogP contribution >= 0.6 is 0 Å². The Labute approximate surface area is 334 Å². The topological polar surface area (TPSA) is 51.2 Å². The second kappa shape index (κ2) is 13.6. The van der Waals surface area contributed by atoms with Crippen molar-refractivity contribution in [2.75, 3.05) is 4.90 Å². The second-order valence-electron chi connectivity index (χ2n) is 14.4. The number of pyridine rings is 3. The van der Waals surface area contributed by atoms with Crippen LogP contribution in [0.15, 0.2) is 195 Å². The Hall–Kier alpha value is -8.14. The third kappa shape index (κ3) is 5.45. The minimum Gasteiger partial charge on any atom is -0.309 e. The molecule has 0 radical (unpaired) electrons. The van der Waals surface area contributed by atoms with Gasteiger partial charge in [0.25, 0.3) is 0 Å². The number of anilines is 3. The minimum absolute atomic E-state index is 0.587. The molecule has 0 aliphatic heterocycles. The van der Waals surface area contributed by atoms with Gasteiger partial charge in [0.1, 0.15) is 5.82 Å². The van der Waals surface area contributed by atoms with E-state index in [1.54, 1.807) is 0 Å². The summed E-state index contributed by atoms with van der Waals surface area (Å²) in [6.45, 7) is 7.48. The largest absolute Gasteiger partial charge is 0.309 e. The summed E-state index contributed by atoms with van der Waals surface area (Å²) in [5, 5.41) is 6.11. The molecule has 6 nitrogen and oxygen atoms in total. The van der Waals surface area contributed by atoms with Gasteiger partial charge in [-0.25, -0.2) is 9.83 Å². The molecule has 6 heteroatoms. The Kier molecular flexibility index (Phi) is 7.76. The van der Waals surface area contributed by atoms with Crippen LogP contribution in [0.1, 0.15) is 0 Å². The molecule has 0 amide bonds. The fraction of sp³-hybridized carbons (Fsp3) is 0. The van der Waals surface area contributed by atoms with Gasteiger partial charge in [-0.15, -0.1) is 0 Å². The zero-order valence-electron chi connectivity index (χ0n) is 31.2. The van der Waals surface area contributed by atoms with Crippen LogP contribution in [0, 0.1) is 6.57 Å². The van der Waals surface area contributed by atoms with Crippen molar-refractivity contribution in [1.29, 1.82) is 0 Å². The minimum atomic E-state index is 0.587. The zero-order valence-corrected chi connectivity index (χ0v) is 31.2. The lowest BCUT2D eigenvalue weighted by Crippen LogP contribution is -2.11. The molecule has 58 heavy (non-hydrogen) atoms. The summed E-state index contributed by atoms with van der Waals surface area (Å²) in [6, 6.07) is 60.8. The summed E-state index contributed by atoms with van der Waals surface area (Å²) in [5.41, 5.74) is 13.1. The third-order valence-electron chi connectivity index (χ3n) is 11.1. The molecule has 0 spiro atoms. The average molecular weight is 741 g/mol. The maximum absolute atomic E-state index is 7.48. The molecule has 0 unspecified atom stereocenters. The molecule has 0 saturated carbocycles. The van der Waals surface area contributed by atoms with Gasteiger partial charge >= 0.3 is 0 Å². The van der Waals surface area contributed by atoms with Gasteiger partial charge in [-0.1, -0.05) is 103 Å². The monoisotopic (exact) mass is 740 g/mol. The van der Waals surface area contributed by atoms with E-state index in [4.69, 9.17) is 16.5 Å². The zero-order chi connectivity index (χ0) is 38.6. The summed E-state index contributed by atoms with van der Waals surface area (Å²) in [6.07, 6.45) is 5.69. The molecule has 4 aromatic heterocycles. The lowest BCUT2D eigenvalue weighted by atomic mass is 9.95. The van der Waals surface area contributed by atoms with Crippen molar-refractivity contribution >= 4 is 66.4 Å². The fourth-order valence-corrected chi connectivity index (χ4v) is 8.41. The van der Waals surface area contributed by atoms with Crippen molar-refractivity contribution in [1.82, 2.24) is 19.5 Å². The van der Waals surface area contributed by atoms with Crippen molar-refractivity contribution in [2.24, 2.45) is 0 Å². The molecule has 0 N–H and O–H groups in total. The number of hydrogen-bond acceptors (Lipinski definition) is 4. The SMILES string of the molecule is [C-]#[N+]c1ccc(N(c2ccc(-c3cccc4cccnc34)cc2)c2ccc(-c3ccc(-c4ccc5c6c4ccc4cccc(c46)n5-c4ccccc4)cn3)cn2)cc1. The maximum Gasteiger partial charge on any atom is 0.187 e. The lowest BCUT2D eigenvalue weighted by Gasteiger charge is -2.25. The number of aromatic nitrogens is 4. The molecule has 4 heterocycles. The first-order chi connectivity index (χ1) is 28.7. The Morgan fingerprint density at radius 2 is 1.21 bits per heavy atom. The molecule has 11 rings (SSSR count). The molecule has 0 saturated heterocycles. The van der Waals surface area contributed by atoms with Crippen molar-refractivity contribution in [3.05, 3.63) is 206 Å². The summed E-state index contributed by atoms with van der Waals surface area (Å²) >= 11 is 0. The average Bonchev–Trinajstić information content (AvgIpc) is 3.65. The molecule has 0 atom stereocenters. The van der Waals surface area contributed by atoms with E-state index in [9.17, 15) is 0 Å². The van der Waals surface area contributed by atoms with Crippen LogP contribution in [0.2, 0.25) is 0 Å². The predicted octanol–water partition coefficient (Wildman–Crippen LogP) is 13.7. The second-order valence-corrected chi connectivity index (χ2v) is 14.4. The number of hydrogen-bond donors (Lipinski definition) is 0. The standard InChI is InChI=1S/C52H32N6/c1-53-39-20-24-42(25-21-39)57(41-22-15-34(16-23-41)44-13-5-9-36-10-7-31-54-52(36)44)49-30-19-38(33-56-49)46-28-18-37(32-55-46)43-27-29-48-51-45(43)26-17-35-8-6-14-47(50(35)51)58(48)40-11-3-2-4-12-40/h2-33H. The first kappa shape index (κ1) is 33.2. The Morgan fingerprint density at radius 1 is 0.483 bits per heavy atom. The normalized spacial score (nSPS) is 11.4. The number of para-hydroxylation sites is 2. The molecule has 0 aliphatic rings. The first-order valence-electron chi connectivity index (χ1n) is 19.2. The van der Waals surface area contributed by atoms with Crippen LogP contribution < -0.4 is 4.90 Å². The highest BCUT2D eigenvalue weighted by Gasteiger charge is 2.20. The van der Waals surface area contributed by atoms with Gasteiger partial charge in [-0.2, -0.15) is 0 Å². The predicted molar refractivity (Wildman–Crippen MR) is 238 cm³/mol. The Morgan fingerprint density at radius 3 is 1.98 bits per heavy atom. The van der Waals surface area contributed by atoms with Gasteiger partial charge in [-0.3, -0.25) is 14.9 Å². The van der Waals surface area contributed by atoms with Gasteiger partial charge < -0.3 is 4.57 Å². The van der Waals surface area contributed by atoms with E-state index in [2.05, 4.69) is 159 Å². The van der Waals surface area contributed by atoms with Crippen molar-refractivity contribution in [3.63, 3.8) is 0 Å². The van der Waals surface area contributed by atoms with Crippen LogP contribution in [0.3, 0.4) is 0 Å². The molecule has 7 aromatic carbocycles. The van der Waals surface area contributed by atoms with E-state index in [1.165, 1.54) is 32.6 Å². The molecular weight excluding hydrogens is 709 g/mol. The van der Waals surface area contributed by atoms with E-state index < -0.39 is 0 Å². The van der Waals surface area contributed by atoms with E-state index in [0.717, 1.165) is 67.3 Å². The van der Waals surface area contributed by atoms with E-state index >= 15 is 0 Å². The smallest absolute Gasteiger partial charge is 0.187 e. The summed E-state index contributed by atoms with van der Waals surface area (Å²) < 4.78 is 2.37. The van der Waals surface area contributed by atoms with Crippen molar-refractivity contribution < 1.29 is 0 Å². The van der Waals surface area contributed by atoms with Gasteiger partial charge in [-0.05, 0) is 94.7 Å². The van der Waals surface area contributed by atoms with Crippen LogP contribution in [0.5, 0.6) is 0 Å². The highest BCUT2D eigenvalue weighted by atomic mass is 15.2. The molecule has 11 aromatic rings. The van der Waals surface area contributed by atoms with E-state index in [1.807, 2.05) is 55.0 Å². The summed E-state index contributed by atoms with van der Waals surface area (Å²) in [5.74, 6) is 0.753. The molecule has 0 fully saturated rings. The molecule has 270 valence electrons. The van der Waals surface area contributed by atoms with Crippen molar-refractivity contribution in [2.45, 2.75) is 0 Å². The maximum atomic E-state index is 7.48. The lowest BCUT2D eigenvalue weighted by molar-refractivity contribution is 1.18. The fourth-order valence-electron chi connectivity index (χ4n) is 8.41. The third-order valence-corrected chi connectivity index (χ3v) is 11.1. The van der Waals surface area contributed by atoms with E-state index in [0.29, 0.717) is 5.69 Å². The highest BCUT2D eigenvalue weighted by molar-refractivity contribution is 6.26. The van der Waals surface area contributed by atoms with Crippen LogP contribution in [0.25, 0.3) is 87.5 Å². The Bertz CT molecular complexity index is 3300. The summed E-state index contributed by atoms with van der Waals surface area (Å²) in [4.78, 5) is 20.3. The number of nitrogens with zero attached hydrogens (tertiary/aromatic N) is 6. The summed E-state index contributed by atoms with van der Waals surface area (Å²) in [7, 11) is 0. The molecule has 0 bridgehead atoms. The highest BCUT2D eigenvalue weighted by Crippen LogP contribution is 2.43.